The van der Waals surface area contributed by atoms with Crippen LogP contribution in [0.2, 0.25) is 0 Å². The summed E-state index contributed by atoms with van der Waals surface area (Å²) in [6, 6.07) is 0. The van der Waals surface area contributed by atoms with Crippen LogP contribution in [-0.4, -0.2) is 44.3 Å². The summed E-state index contributed by atoms with van der Waals surface area (Å²) in [6.45, 7) is 7.51. The van der Waals surface area contributed by atoms with Crippen molar-refractivity contribution < 1.29 is 4.74 Å². The van der Waals surface area contributed by atoms with Crippen LogP contribution < -0.4 is 10.6 Å². The second-order valence-corrected chi connectivity index (χ2v) is 5.82. The number of unbranched alkanes of at least 4 members (excludes halogenated alkanes) is 1. The highest BCUT2D eigenvalue weighted by atomic mass is 32.1. The molecule has 0 aromatic carbocycles. The molecule has 1 aromatic rings. The van der Waals surface area contributed by atoms with E-state index in [1.54, 1.807) is 18.4 Å². The van der Waals surface area contributed by atoms with Crippen molar-refractivity contribution in [3.8, 4) is 0 Å². The first kappa shape index (κ1) is 17.9. The van der Waals surface area contributed by atoms with Crippen molar-refractivity contribution in [1.29, 1.82) is 0 Å². The molecule has 0 radical (unpaired) electrons. The van der Waals surface area contributed by atoms with Gasteiger partial charge >= 0.3 is 0 Å². The monoisotopic (exact) mass is 312 g/mol. The number of nitrogens with zero attached hydrogens (tertiary/aromatic N) is 2. The maximum atomic E-state index is 5.03. The first-order valence-electron chi connectivity index (χ1n) is 7.68. The fourth-order valence-corrected chi connectivity index (χ4v) is 2.69. The zero-order valence-electron chi connectivity index (χ0n) is 13.4. The van der Waals surface area contributed by atoms with E-state index in [1.165, 1.54) is 5.01 Å². The molecule has 0 saturated carbocycles. The Morgan fingerprint density at radius 1 is 1.33 bits per heavy atom. The maximum Gasteiger partial charge on any atom is 0.191 e. The molecular weight excluding hydrogens is 284 g/mol. The minimum absolute atomic E-state index is 0.760. The third-order valence-corrected chi connectivity index (χ3v) is 3.92. The Kier molecular flexibility index (Phi) is 9.82. The van der Waals surface area contributed by atoms with Crippen LogP contribution in [-0.2, 0) is 11.2 Å². The average Bonchev–Trinajstić information content (AvgIpc) is 2.88. The van der Waals surface area contributed by atoms with Gasteiger partial charge in [0.2, 0.25) is 0 Å². The van der Waals surface area contributed by atoms with Gasteiger partial charge in [-0.05, 0) is 39.5 Å². The normalized spacial score (nSPS) is 11.7. The van der Waals surface area contributed by atoms with Gasteiger partial charge in [-0.25, -0.2) is 4.98 Å². The van der Waals surface area contributed by atoms with Gasteiger partial charge in [0, 0.05) is 44.4 Å². The molecule has 0 aliphatic rings. The number of methoxy groups -OCH3 is 1. The molecule has 1 aromatic heterocycles. The topological polar surface area (TPSA) is 58.5 Å². The van der Waals surface area contributed by atoms with Gasteiger partial charge in [-0.1, -0.05) is 0 Å². The minimum atomic E-state index is 0.760. The van der Waals surface area contributed by atoms with Crippen LogP contribution >= 0.6 is 11.3 Å². The molecule has 0 unspecified atom stereocenters. The average molecular weight is 312 g/mol. The Morgan fingerprint density at radius 3 is 2.86 bits per heavy atom. The van der Waals surface area contributed by atoms with Crippen molar-refractivity contribution >= 4 is 17.3 Å². The van der Waals surface area contributed by atoms with Crippen molar-refractivity contribution in [3.05, 3.63) is 16.1 Å². The number of rotatable bonds is 10. The fourth-order valence-electron chi connectivity index (χ4n) is 1.87. The molecule has 0 spiro atoms. The molecule has 0 atom stereocenters. The van der Waals surface area contributed by atoms with Gasteiger partial charge in [0.25, 0.3) is 0 Å². The van der Waals surface area contributed by atoms with Crippen LogP contribution in [0.25, 0.3) is 0 Å². The van der Waals surface area contributed by atoms with Crippen LogP contribution in [0.15, 0.2) is 10.4 Å². The summed E-state index contributed by atoms with van der Waals surface area (Å²) < 4.78 is 5.03. The molecule has 2 N–H and O–H groups in total. The second-order valence-electron chi connectivity index (χ2n) is 4.87. The summed E-state index contributed by atoms with van der Waals surface area (Å²) in [6.07, 6.45) is 4.31. The maximum absolute atomic E-state index is 5.03. The Bertz CT molecular complexity index is 406. The molecule has 0 aliphatic heterocycles. The second kappa shape index (κ2) is 11.5. The zero-order valence-corrected chi connectivity index (χ0v) is 14.3. The number of aromatic nitrogens is 1. The summed E-state index contributed by atoms with van der Waals surface area (Å²) in [5, 5.41) is 9.99. The molecule has 5 nitrogen and oxygen atoms in total. The Labute approximate surface area is 132 Å². The summed E-state index contributed by atoms with van der Waals surface area (Å²) in [5.74, 6) is 0.902. The third-order valence-electron chi connectivity index (χ3n) is 2.90. The molecule has 1 rings (SSSR count). The lowest BCUT2D eigenvalue weighted by atomic mass is 10.2. The third kappa shape index (κ3) is 8.67. The molecule has 0 aliphatic carbocycles. The van der Waals surface area contributed by atoms with Crippen LogP contribution in [0.5, 0.6) is 0 Å². The van der Waals surface area contributed by atoms with E-state index in [1.807, 2.05) is 6.92 Å². The van der Waals surface area contributed by atoms with Gasteiger partial charge in [-0.3, -0.25) is 4.99 Å². The van der Waals surface area contributed by atoms with Gasteiger partial charge in [-0.2, -0.15) is 0 Å². The van der Waals surface area contributed by atoms with Crippen LogP contribution in [0.4, 0.5) is 0 Å². The standard InChI is InChI=1S/C15H28N4OS/c1-4-16-15(18-10-7-11-20-3)17-9-6-5-8-14-19-13(2)12-21-14/h12H,4-11H2,1-3H3,(H2,16,17,18). The number of hydrogen-bond acceptors (Lipinski definition) is 4. The molecule has 0 bridgehead atoms. The Hall–Kier alpha value is -1.14. The molecule has 1 heterocycles. The first-order valence-corrected chi connectivity index (χ1v) is 8.56. The largest absolute Gasteiger partial charge is 0.385 e. The number of thiazole rings is 1. The Morgan fingerprint density at radius 2 is 2.19 bits per heavy atom. The molecule has 0 amide bonds. The van der Waals surface area contributed by atoms with E-state index >= 15 is 0 Å². The van der Waals surface area contributed by atoms with Crippen LogP contribution in [0, 0.1) is 6.92 Å². The van der Waals surface area contributed by atoms with Crippen molar-refractivity contribution in [1.82, 2.24) is 15.6 Å². The predicted molar refractivity (Wildman–Crippen MR) is 90.3 cm³/mol. The van der Waals surface area contributed by atoms with E-state index < -0.39 is 0 Å². The molecule has 0 fully saturated rings. The number of nitrogens with one attached hydrogen (secondary N) is 2. The van der Waals surface area contributed by atoms with Crippen molar-refractivity contribution in [2.75, 3.05) is 33.4 Å². The quantitative estimate of drug-likeness (QED) is 0.396. The predicted octanol–water partition coefficient (Wildman–Crippen LogP) is 2.37. The highest BCUT2D eigenvalue weighted by Gasteiger charge is 1.99. The van der Waals surface area contributed by atoms with E-state index in [9.17, 15) is 0 Å². The van der Waals surface area contributed by atoms with Crippen molar-refractivity contribution in [3.63, 3.8) is 0 Å². The molecule has 21 heavy (non-hydrogen) atoms. The molecule has 6 heteroatoms. The molecule has 0 saturated heterocycles. The van der Waals surface area contributed by atoms with E-state index in [4.69, 9.17) is 4.74 Å². The number of aryl methyl sites for hydroxylation is 2. The zero-order chi connectivity index (χ0) is 15.3. The highest BCUT2D eigenvalue weighted by Crippen LogP contribution is 2.11. The smallest absolute Gasteiger partial charge is 0.191 e. The summed E-state index contributed by atoms with van der Waals surface area (Å²) in [7, 11) is 1.72. The lowest BCUT2D eigenvalue weighted by Gasteiger charge is -2.10. The first-order chi connectivity index (χ1) is 10.3. The van der Waals surface area contributed by atoms with Gasteiger partial charge in [0.1, 0.15) is 0 Å². The van der Waals surface area contributed by atoms with E-state index in [0.29, 0.717) is 0 Å². The summed E-state index contributed by atoms with van der Waals surface area (Å²) >= 11 is 1.76. The van der Waals surface area contributed by atoms with E-state index in [2.05, 4.69) is 32.9 Å². The SMILES string of the molecule is CCNC(=NCCCOC)NCCCCc1nc(C)cs1. The fraction of sp³-hybridized carbons (Fsp3) is 0.733. The Balaban J connectivity index is 2.14. The summed E-state index contributed by atoms with van der Waals surface area (Å²) in [5.41, 5.74) is 1.13. The van der Waals surface area contributed by atoms with Crippen molar-refractivity contribution in [2.45, 2.75) is 39.5 Å². The van der Waals surface area contributed by atoms with Crippen LogP contribution in [0.1, 0.15) is 36.9 Å². The molecule has 120 valence electrons. The number of aliphatic imine (C=N–C) groups is 1. The lowest BCUT2D eigenvalue weighted by Crippen LogP contribution is -2.37. The molecular formula is C15H28N4OS. The number of guanidine groups is 1. The number of ether oxygens (including phenoxy) is 1. The minimum Gasteiger partial charge on any atom is -0.385 e. The van der Waals surface area contributed by atoms with Gasteiger partial charge < -0.3 is 15.4 Å². The highest BCUT2D eigenvalue weighted by molar-refractivity contribution is 7.09. The van der Waals surface area contributed by atoms with Gasteiger partial charge in [0.15, 0.2) is 5.96 Å². The van der Waals surface area contributed by atoms with Crippen LogP contribution in [0.3, 0.4) is 0 Å². The van der Waals surface area contributed by atoms with E-state index in [-0.39, 0.29) is 0 Å². The van der Waals surface area contributed by atoms with Gasteiger partial charge in [-0.15, -0.1) is 11.3 Å². The van der Waals surface area contributed by atoms with Gasteiger partial charge in [0.05, 0.1) is 5.01 Å². The number of hydrogen-bond donors (Lipinski definition) is 2. The lowest BCUT2D eigenvalue weighted by molar-refractivity contribution is 0.197. The summed E-state index contributed by atoms with van der Waals surface area (Å²) in [4.78, 5) is 9.00. The van der Waals surface area contributed by atoms with E-state index in [0.717, 1.165) is 63.6 Å². The van der Waals surface area contributed by atoms with Crippen molar-refractivity contribution in [2.24, 2.45) is 4.99 Å².